The van der Waals surface area contributed by atoms with Gasteiger partial charge in [-0.3, -0.25) is 9.10 Å². The van der Waals surface area contributed by atoms with E-state index in [0.29, 0.717) is 10.7 Å². The Hall–Kier alpha value is -1.47. The van der Waals surface area contributed by atoms with Gasteiger partial charge >= 0.3 is 0 Å². The molecule has 128 valence electrons. The molecule has 0 aromatic heterocycles. The van der Waals surface area contributed by atoms with E-state index in [1.807, 2.05) is 0 Å². The van der Waals surface area contributed by atoms with Crippen molar-refractivity contribution >= 4 is 62.1 Å². The molecular weight excluding hydrogens is 395 g/mol. The molecule has 2 aromatic rings. The van der Waals surface area contributed by atoms with Gasteiger partial charge in [-0.05, 0) is 42.5 Å². The summed E-state index contributed by atoms with van der Waals surface area (Å²) in [4.78, 5) is 12.2. The Kier molecular flexibility index (Phi) is 5.98. The van der Waals surface area contributed by atoms with Gasteiger partial charge < -0.3 is 5.32 Å². The van der Waals surface area contributed by atoms with Gasteiger partial charge in [0.2, 0.25) is 15.9 Å². The van der Waals surface area contributed by atoms with Gasteiger partial charge in [-0.1, -0.05) is 34.8 Å². The molecule has 0 saturated carbocycles. The molecule has 1 N–H and O–H groups in total. The number of anilines is 2. The van der Waals surface area contributed by atoms with Crippen LogP contribution in [0.15, 0.2) is 42.5 Å². The predicted octanol–water partition coefficient (Wildman–Crippen LogP) is 4.05. The highest BCUT2D eigenvalue weighted by Gasteiger charge is 2.21. The molecule has 0 saturated heterocycles. The van der Waals surface area contributed by atoms with Crippen molar-refractivity contribution in [2.75, 3.05) is 22.4 Å². The highest BCUT2D eigenvalue weighted by Crippen LogP contribution is 2.27. The van der Waals surface area contributed by atoms with Crippen molar-refractivity contribution in [3.8, 4) is 0 Å². The van der Waals surface area contributed by atoms with Gasteiger partial charge in [-0.15, -0.1) is 0 Å². The molecule has 2 aromatic carbocycles. The van der Waals surface area contributed by atoms with Gasteiger partial charge in [0, 0.05) is 20.8 Å². The Morgan fingerprint density at radius 2 is 1.54 bits per heavy atom. The average molecular weight is 408 g/mol. The Bertz CT molecular complexity index is 835. The van der Waals surface area contributed by atoms with Crippen LogP contribution in [0.5, 0.6) is 0 Å². The smallest absolute Gasteiger partial charge is 0.245 e. The van der Waals surface area contributed by atoms with Gasteiger partial charge in [-0.2, -0.15) is 0 Å². The van der Waals surface area contributed by atoms with Gasteiger partial charge in [0.15, 0.2) is 0 Å². The fourth-order valence-corrected chi connectivity index (χ4v) is 3.43. The number of carbonyl (C=O) groups excluding carboxylic acids is 1. The molecule has 5 nitrogen and oxygen atoms in total. The SMILES string of the molecule is CS(=O)(=O)N(CC(=O)Nc1ccc(Cl)cc1)c1cc(Cl)cc(Cl)c1. The maximum absolute atomic E-state index is 12.2. The first-order chi connectivity index (χ1) is 11.1. The Labute approximate surface area is 155 Å². The van der Waals surface area contributed by atoms with Crippen LogP contribution in [0.1, 0.15) is 0 Å². The van der Waals surface area contributed by atoms with Crippen LogP contribution in [0.4, 0.5) is 11.4 Å². The van der Waals surface area contributed by atoms with Crippen LogP contribution in [-0.4, -0.2) is 27.1 Å². The van der Waals surface area contributed by atoms with Crippen LogP contribution >= 0.6 is 34.8 Å². The van der Waals surface area contributed by atoms with Crippen LogP contribution in [0.3, 0.4) is 0 Å². The van der Waals surface area contributed by atoms with Crippen LogP contribution in [0.2, 0.25) is 15.1 Å². The zero-order valence-electron chi connectivity index (χ0n) is 12.5. The Morgan fingerprint density at radius 1 is 1.00 bits per heavy atom. The minimum absolute atomic E-state index is 0.209. The van der Waals surface area contributed by atoms with Gasteiger partial charge in [0.25, 0.3) is 0 Å². The number of hydrogen-bond acceptors (Lipinski definition) is 3. The number of rotatable bonds is 5. The van der Waals surface area contributed by atoms with Crippen LogP contribution < -0.4 is 9.62 Å². The minimum atomic E-state index is -3.71. The highest BCUT2D eigenvalue weighted by molar-refractivity contribution is 7.92. The molecule has 0 aliphatic heterocycles. The molecule has 0 spiro atoms. The van der Waals surface area contributed by atoms with E-state index in [4.69, 9.17) is 34.8 Å². The van der Waals surface area contributed by atoms with Crippen molar-refractivity contribution < 1.29 is 13.2 Å². The zero-order valence-corrected chi connectivity index (χ0v) is 15.5. The molecule has 0 fully saturated rings. The summed E-state index contributed by atoms with van der Waals surface area (Å²) in [6, 6.07) is 10.8. The van der Waals surface area contributed by atoms with Crippen molar-refractivity contribution in [1.82, 2.24) is 0 Å². The summed E-state index contributed by atoms with van der Waals surface area (Å²) >= 11 is 17.6. The lowest BCUT2D eigenvalue weighted by atomic mass is 10.3. The van der Waals surface area contributed by atoms with Gasteiger partial charge in [0.05, 0.1) is 11.9 Å². The lowest BCUT2D eigenvalue weighted by molar-refractivity contribution is -0.114. The third kappa shape index (κ3) is 5.27. The summed E-state index contributed by atoms with van der Waals surface area (Å²) in [5, 5.41) is 3.66. The lowest BCUT2D eigenvalue weighted by Crippen LogP contribution is -2.37. The van der Waals surface area contributed by atoms with E-state index in [0.717, 1.165) is 10.6 Å². The molecule has 9 heteroatoms. The lowest BCUT2D eigenvalue weighted by Gasteiger charge is -2.22. The quantitative estimate of drug-likeness (QED) is 0.813. The summed E-state index contributed by atoms with van der Waals surface area (Å²) in [7, 11) is -3.71. The molecule has 24 heavy (non-hydrogen) atoms. The van der Waals surface area contributed by atoms with E-state index >= 15 is 0 Å². The van der Waals surface area contributed by atoms with E-state index in [-0.39, 0.29) is 15.7 Å². The van der Waals surface area contributed by atoms with Crippen LogP contribution in [0, 0.1) is 0 Å². The number of benzene rings is 2. The summed E-state index contributed by atoms with van der Waals surface area (Å²) < 4.78 is 25.0. The molecule has 0 bridgehead atoms. The van der Waals surface area contributed by atoms with Crippen molar-refractivity contribution in [2.45, 2.75) is 0 Å². The molecule has 0 heterocycles. The fraction of sp³-hybridized carbons (Fsp3) is 0.133. The average Bonchev–Trinajstić information content (AvgIpc) is 2.45. The number of sulfonamides is 1. The van der Waals surface area contributed by atoms with E-state index in [1.165, 1.54) is 18.2 Å². The molecular formula is C15H13Cl3N2O3S. The summed E-state index contributed by atoms with van der Waals surface area (Å²) in [6.07, 6.45) is 0.997. The monoisotopic (exact) mass is 406 g/mol. The maximum Gasteiger partial charge on any atom is 0.245 e. The van der Waals surface area contributed by atoms with Crippen LogP contribution in [0.25, 0.3) is 0 Å². The van der Waals surface area contributed by atoms with Crippen molar-refractivity contribution in [2.24, 2.45) is 0 Å². The van der Waals surface area contributed by atoms with E-state index in [9.17, 15) is 13.2 Å². The normalized spacial score (nSPS) is 11.2. The maximum atomic E-state index is 12.2. The third-order valence-corrected chi connectivity index (χ3v) is 4.78. The van der Waals surface area contributed by atoms with E-state index < -0.39 is 22.5 Å². The van der Waals surface area contributed by atoms with E-state index in [2.05, 4.69) is 5.32 Å². The second-order valence-corrected chi connectivity index (χ2v) is 8.17. The first-order valence-corrected chi connectivity index (χ1v) is 9.62. The molecule has 0 aliphatic rings. The molecule has 0 aliphatic carbocycles. The van der Waals surface area contributed by atoms with Gasteiger partial charge in [0.1, 0.15) is 6.54 Å². The van der Waals surface area contributed by atoms with E-state index in [1.54, 1.807) is 24.3 Å². The number of amides is 1. The molecule has 0 atom stereocenters. The molecule has 0 radical (unpaired) electrons. The fourth-order valence-electron chi connectivity index (χ4n) is 1.95. The predicted molar refractivity (Wildman–Crippen MR) is 98.7 cm³/mol. The van der Waals surface area contributed by atoms with Crippen molar-refractivity contribution in [3.05, 3.63) is 57.5 Å². The second kappa shape index (κ2) is 7.61. The third-order valence-electron chi connectivity index (χ3n) is 2.95. The number of halogens is 3. The zero-order chi connectivity index (χ0) is 17.9. The Morgan fingerprint density at radius 3 is 2.04 bits per heavy atom. The topological polar surface area (TPSA) is 66.5 Å². The number of nitrogens with one attached hydrogen (secondary N) is 1. The van der Waals surface area contributed by atoms with Crippen molar-refractivity contribution in [1.29, 1.82) is 0 Å². The van der Waals surface area contributed by atoms with Crippen molar-refractivity contribution in [3.63, 3.8) is 0 Å². The summed E-state index contributed by atoms with van der Waals surface area (Å²) in [5.74, 6) is -0.515. The Balaban J connectivity index is 2.23. The number of nitrogens with zero attached hydrogens (tertiary/aromatic N) is 1. The first-order valence-electron chi connectivity index (χ1n) is 6.64. The number of carbonyl (C=O) groups is 1. The van der Waals surface area contributed by atoms with Crippen LogP contribution in [-0.2, 0) is 14.8 Å². The minimum Gasteiger partial charge on any atom is -0.325 e. The first kappa shape index (κ1) is 18.9. The summed E-state index contributed by atoms with van der Waals surface area (Å²) in [5.41, 5.74) is 0.711. The number of hydrogen-bond donors (Lipinski definition) is 1. The molecule has 1 amide bonds. The highest BCUT2D eigenvalue weighted by atomic mass is 35.5. The second-order valence-electron chi connectivity index (χ2n) is 4.95. The molecule has 2 rings (SSSR count). The standard InChI is InChI=1S/C15H13Cl3N2O3S/c1-24(22,23)20(14-7-11(17)6-12(18)8-14)9-15(21)19-13-4-2-10(16)3-5-13/h2-8H,9H2,1H3,(H,19,21). The summed E-state index contributed by atoms with van der Waals surface area (Å²) in [6.45, 7) is -0.419. The molecule has 0 unspecified atom stereocenters. The van der Waals surface area contributed by atoms with Gasteiger partial charge in [-0.25, -0.2) is 8.42 Å². The largest absolute Gasteiger partial charge is 0.325 e.